The van der Waals surface area contributed by atoms with Gasteiger partial charge in [-0.25, -0.2) is 9.59 Å². The number of rotatable bonds is 8. The third-order valence-electron chi connectivity index (χ3n) is 3.87. The topological polar surface area (TPSA) is 119 Å². The molecule has 8 nitrogen and oxygen atoms in total. The maximum Gasteiger partial charge on any atom is 0.408 e. The molecule has 1 aliphatic carbocycles. The molecule has 1 saturated carbocycles. The van der Waals surface area contributed by atoms with Crippen molar-refractivity contribution in [3.8, 4) is 0 Å². The fraction of sp³-hybridized carbons (Fsp3) is 0.765. The van der Waals surface area contributed by atoms with Crippen LogP contribution in [0.4, 0.5) is 4.79 Å². The van der Waals surface area contributed by atoms with Crippen LogP contribution >= 0.6 is 11.8 Å². The van der Waals surface area contributed by atoms with Gasteiger partial charge in [0, 0.05) is 18.6 Å². The third-order valence-corrected chi connectivity index (χ3v) is 4.71. The number of esters is 1. The second-order valence-corrected chi connectivity index (χ2v) is 8.38. The molecule has 0 radical (unpaired) electrons. The SMILES string of the molecule is CCOC(=O)C1C(CCSC(C)=O)C1C(NC(=O)OC(C)(C)C)C(=O)O. The van der Waals surface area contributed by atoms with Crippen molar-refractivity contribution < 1.29 is 33.8 Å². The summed E-state index contributed by atoms with van der Waals surface area (Å²) in [6, 6.07) is -1.26. The Hall–Kier alpha value is -1.77. The number of carboxylic acids is 1. The molecule has 0 spiro atoms. The summed E-state index contributed by atoms with van der Waals surface area (Å²) in [6.07, 6.45) is -0.366. The zero-order valence-corrected chi connectivity index (χ0v) is 16.6. The van der Waals surface area contributed by atoms with Gasteiger partial charge >= 0.3 is 18.0 Å². The van der Waals surface area contributed by atoms with Gasteiger partial charge in [-0.2, -0.15) is 0 Å². The van der Waals surface area contributed by atoms with Crippen LogP contribution in [0.5, 0.6) is 0 Å². The number of carbonyl (C=O) groups excluding carboxylic acids is 3. The van der Waals surface area contributed by atoms with E-state index in [9.17, 15) is 24.3 Å². The van der Waals surface area contributed by atoms with Crippen molar-refractivity contribution in [3.05, 3.63) is 0 Å². The van der Waals surface area contributed by atoms with Crippen molar-refractivity contribution in [1.29, 1.82) is 0 Å². The summed E-state index contributed by atoms with van der Waals surface area (Å²) < 4.78 is 10.1. The minimum atomic E-state index is -1.26. The van der Waals surface area contributed by atoms with Crippen LogP contribution in [0, 0.1) is 17.8 Å². The summed E-state index contributed by atoms with van der Waals surface area (Å²) in [5, 5.41) is 11.8. The average molecular weight is 389 g/mol. The van der Waals surface area contributed by atoms with Gasteiger partial charge < -0.3 is 19.9 Å². The summed E-state index contributed by atoms with van der Waals surface area (Å²) in [6.45, 7) is 8.31. The van der Waals surface area contributed by atoms with Crippen LogP contribution < -0.4 is 5.32 Å². The molecule has 9 heteroatoms. The highest BCUT2D eigenvalue weighted by Gasteiger charge is 2.60. The first kappa shape index (κ1) is 22.3. The Kier molecular flexibility index (Phi) is 7.92. The number of thioether (sulfide) groups is 1. The van der Waals surface area contributed by atoms with Crippen molar-refractivity contribution >= 4 is 34.9 Å². The van der Waals surface area contributed by atoms with Gasteiger partial charge in [-0.3, -0.25) is 9.59 Å². The number of amides is 1. The lowest BCUT2D eigenvalue weighted by Gasteiger charge is -2.22. The molecule has 2 N–H and O–H groups in total. The molecule has 0 aliphatic heterocycles. The number of carbonyl (C=O) groups is 4. The third kappa shape index (κ3) is 6.86. The minimum absolute atomic E-state index is 0.0449. The molecule has 4 unspecified atom stereocenters. The van der Waals surface area contributed by atoms with Gasteiger partial charge in [0.05, 0.1) is 12.5 Å². The summed E-state index contributed by atoms with van der Waals surface area (Å²) >= 11 is 1.12. The van der Waals surface area contributed by atoms with E-state index in [0.717, 1.165) is 11.8 Å². The van der Waals surface area contributed by atoms with E-state index in [1.165, 1.54) is 6.92 Å². The normalized spacial score (nSPS) is 22.9. The Labute approximate surface area is 157 Å². The summed E-state index contributed by atoms with van der Waals surface area (Å²) in [4.78, 5) is 46.8. The van der Waals surface area contributed by atoms with Gasteiger partial charge in [-0.15, -0.1) is 0 Å². The minimum Gasteiger partial charge on any atom is -0.480 e. The van der Waals surface area contributed by atoms with E-state index in [-0.39, 0.29) is 17.6 Å². The highest BCUT2D eigenvalue weighted by Crippen LogP contribution is 2.52. The van der Waals surface area contributed by atoms with Crippen molar-refractivity contribution in [1.82, 2.24) is 5.32 Å². The van der Waals surface area contributed by atoms with Crippen LogP contribution in [-0.2, 0) is 23.9 Å². The molecular formula is C17H27NO7S. The Bertz CT molecular complexity index is 558. The van der Waals surface area contributed by atoms with E-state index < -0.39 is 41.5 Å². The molecule has 0 heterocycles. The molecule has 1 amide bonds. The van der Waals surface area contributed by atoms with Gasteiger partial charge in [0.25, 0.3) is 0 Å². The highest BCUT2D eigenvalue weighted by molar-refractivity contribution is 8.13. The largest absolute Gasteiger partial charge is 0.480 e. The van der Waals surface area contributed by atoms with Crippen molar-refractivity contribution in [3.63, 3.8) is 0 Å². The van der Waals surface area contributed by atoms with Crippen molar-refractivity contribution in [2.24, 2.45) is 17.8 Å². The number of carboxylic acid groups (broad SMARTS) is 1. The van der Waals surface area contributed by atoms with E-state index in [1.54, 1.807) is 27.7 Å². The Morgan fingerprint density at radius 1 is 1.23 bits per heavy atom. The van der Waals surface area contributed by atoms with Crippen LogP contribution in [0.3, 0.4) is 0 Å². The zero-order valence-electron chi connectivity index (χ0n) is 15.7. The molecule has 0 saturated heterocycles. The number of hydrogen-bond donors (Lipinski definition) is 2. The summed E-state index contributed by atoms with van der Waals surface area (Å²) in [7, 11) is 0. The molecule has 0 aromatic carbocycles. The monoisotopic (exact) mass is 389 g/mol. The fourth-order valence-electron chi connectivity index (χ4n) is 2.89. The second kappa shape index (κ2) is 9.25. The van der Waals surface area contributed by atoms with Crippen LogP contribution in [-0.4, -0.2) is 52.3 Å². The maximum absolute atomic E-state index is 12.1. The van der Waals surface area contributed by atoms with E-state index in [2.05, 4.69) is 5.32 Å². The van der Waals surface area contributed by atoms with E-state index in [1.807, 2.05) is 0 Å². The quantitative estimate of drug-likeness (QED) is 0.606. The number of nitrogens with one attached hydrogen (secondary N) is 1. The van der Waals surface area contributed by atoms with Crippen LogP contribution in [0.15, 0.2) is 0 Å². The predicted octanol–water partition coefficient (Wildman–Crippen LogP) is 2.06. The van der Waals surface area contributed by atoms with E-state index in [0.29, 0.717) is 12.2 Å². The molecule has 148 valence electrons. The lowest BCUT2D eigenvalue weighted by atomic mass is 10.1. The molecular weight excluding hydrogens is 362 g/mol. The van der Waals surface area contributed by atoms with Gasteiger partial charge in [0.1, 0.15) is 11.6 Å². The molecule has 0 aromatic heterocycles. The predicted molar refractivity (Wildman–Crippen MR) is 95.7 cm³/mol. The van der Waals surface area contributed by atoms with Gasteiger partial charge in [0.2, 0.25) is 0 Å². The molecule has 1 fully saturated rings. The van der Waals surface area contributed by atoms with Crippen molar-refractivity contribution in [2.75, 3.05) is 12.4 Å². The molecule has 1 rings (SSSR count). The van der Waals surface area contributed by atoms with Gasteiger partial charge in [0.15, 0.2) is 5.12 Å². The lowest BCUT2D eigenvalue weighted by molar-refractivity contribution is -0.145. The van der Waals surface area contributed by atoms with E-state index in [4.69, 9.17) is 9.47 Å². The number of alkyl carbamates (subject to hydrolysis) is 1. The molecule has 0 bridgehead atoms. The molecule has 4 atom stereocenters. The van der Waals surface area contributed by atoms with Gasteiger partial charge in [-0.05, 0) is 40.0 Å². The Morgan fingerprint density at radius 2 is 1.85 bits per heavy atom. The number of hydrogen-bond acceptors (Lipinski definition) is 7. The first-order valence-corrected chi connectivity index (χ1v) is 9.48. The van der Waals surface area contributed by atoms with Crippen LogP contribution in [0.1, 0.15) is 41.0 Å². The fourth-order valence-corrected chi connectivity index (χ4v) is 3.57. The van der Waals surface area contributed by atoms with E-state index >= 15 is 0 Å². The summed E-state index contributed by atoms with van der Waals surface area (Å²) in [5.74, 6) is -2.71. The highest BCUT2D eigenvalue weighted by atomic mass is 32.2. The number of aliphatic carboxylic acids is 1. The van der Waals surface area contributed by atoms with Crippen LogP contribution in [0.2, 0.25) is 0 Å². The smallest absolute Gasteiger partial charge is 0.408 e. The molecule has 0 aromatic rings. The van der Waals surface area contributed by atoms with Crippen LogP contribution in [0.25, 0.3) is 0 Å². The molecule has 1 aliphatic rings. The van der Waals surface area contributed by atoms with Gasteiger partial charge in [-0.1, -0.05) is 11.8 Å². The Balaban J connectivity index is 2.83. The standard InChI is InChI=1S/C17H27NO7S/c1-6-24-15(22)12-10(7-8-26-9(2)19)11(12)13(14(20)21)18-16(23)25-17(3,4)5/h10-13H,6-8H2,1-5H3,(H,18,23)(H,20,21). The molecule has 26 heavy (non-hydrogen) atoms. The lowest BCUT2D eigenvalue weighted by Crippen LogP contribution is -2.45. The maximum atomic E-state index is 12.1. The first-order chi connectivity index (χ1) is 12.0. The summed E-state index contributed by atoms with van der Waals surface area (Å²) in [5.41, 5.74) is -0.769. The number of ether oxygens (including phenoxy) is 2. The zero-order chi connectivity index (χ0) is 20.1. The first-order valence-electron chi connectivity index (χ1n) is 8.50. The second-order valence-electron chi connectivity index (χ2n) is 7.11. The average Bonchev–Trinajstić information content (AvgIpc) is 3.16. The van der Waals surface area contributed by atoms with Crippen molar-refractivity contribution in [2.45, 2.75) is 52.7 Å². The Morgan fingerprint density at radius 3 is 2.31 bits per heavy atom.